The van der Waals surface area contributed by atoms with Gasteiger partial charge in [-0.2, -0.15) is 0 Å². The van der Waals surface area contributed by atoms with Gasteiger partial charge in [0.15, 0.2) is 0 Å². The minimum absolute atomic E-state index is 0.0406. The van der Waals surface area contributed by atoms with E-state index in [-0.39, 0.29) is 22.8 Å². The summed E-state index contributed by atoms with van der Waals surface area (Å²) in [5.74, 6) is -0.0245. The van der Waals surface area contributed by atoms with Crippen molar-refractivity contribution in [3.05, 3.63) is 42.0 Å². The maximum atomic E-state index is 9.90. The summed E-state index contributed by atoms with van der Waals surface area (Å²) >= 11 is 0. The highest BCUT2D eigenvalue weighted by atomic mass is 16.3. The number of phenols is 3. The average molecular weight is 230 g/mol. The van der Waals surface area contributed by atoms with Crippen LogP contribution in [-0.4, -0.2) is 15.3 Å². The summed E-state index contributed by atoms with van der Waals surface area (Å²) in [6, 6.07) is 9.68. The fraction of sp³-hybridized carbons (Fsp3) is 0.143. The zero-order valence-corrected chi connectivity index (χ0v) is 9.51. The fourth-order valence-electron chi connectivity index (χ4n) is 1.95. The Morgan fingerprint density at radius 1 is 0.765 bits per heavy atom. The van der Waals surface area contributed by atoms with Gasteiger partial charge in [-0.05, 0) is 30.2 Å². The Balaban J connectivity index is 2.76. The molecule has 0 spiro atoms. The van der Waals surface area contributed by atoms with Crippen LogP contribution in [0.15, 0.2) is 36.4 Å². The predicted molar refractivity (Wildman–Crippen MR) is 66.3 cm³/mol. The van der Waals surface area contributed by atoms with Gasteiger partial charge in [0.2, 0.25) is 0 Å². The molecule has 0 unspecified atom stereocenters. The van der Waals surface area contributed by atoms with Gasteiger partial charge >= 0.3 is 0 Å². The van der Waals surface area contributed by atoms with E-state index >= 15 is 0 Å². The van der Waals surface area contributed by atoms with Crippen molar-refractivity contribution in [2.75, 3.05) is 0 Å². The lowest BCUT2D eigenvalue weighted by atomic mass is 9.95. The topological polar surface area (TPSA) is 60.7 Å². The van der Waals surface area contributed by atoms with Gasteiger partial charge in [0, 0.05) is 5.56 Å². The first-order valence-electron chi connectivity index (χ1n) is 5.47. The highest BCUT2D eigenvalue weighted by Crippen LogP contribution is 2.43. The molecule has 2 rings (SSSR count). The molecule has 3 N–H and O–H groups in total. The molecule has 17 heavy (non-hydrogen) atoms. The van der Waals surface area contributed by atoms with Crippen molar-refractivity contribution in [2.45, 2.75) is 13.3 Å². The quantitative estimate of drug-likeness (QED) is 0.743. The average Bonchev–Trinajstić information content (AvgIpc) is 2.30. The van der Waals surface area contributed by atoms with Crippen LogP contribution in [0.1, 0.15) is 12.5 Å². The van der Waals surface area contributed by atoms with E-state index < -0.39 is 0 Å². The molecule has 0 fully saturated rings. The Labute approximate surface area is 99.6 Å². The van der Waals surface area contributed by atoms with Crippen molar-refractivity contribution < 1.29 is 15.3 Å². The molecule has 3 nitrogen and oxygen atoms in total. The van der Waals surface area contributed by atoms with Gasteiger partial charge in [-0.3, -0.25) is 0 Å². The van der Waals surface area contributed by atoms with Gasteiger partial charge in [-0.25, -0.2) is 0 Å². The Bertz CT molecular complexity index is 527. The Hall–Kier alpha value is -2.16. The first-order chi connectivity index (χ1) is 8.15. The molecule has 0 heterocycles. The molecule has 0 radical (unpaired) electrons. The first-order valence-corrected chi connectivity index (χ1v) is 5.47. The van der Waals surface area contributed by atoms with E-state index in [9.17, 15) is 15.3 Å². The highest BCUT2D eigenvalue weighted by molar-refractivity contribution is 5.82. The van der Waals surface area contributed by atoms with Crippen molar-refractivity contribution in [1.82, 2.24) is 0 Å². The Morgan fingerprint density at radius 3 is 1.76 bits per heavy atom. The van der Waals surface area contributed by atoms with E-state index in [0.29, 0.717) is 12.0 Å². The lowest BCUT2D eigenvalue weighted by molar-refractivity contribution is 0.449. The molecule has 3 heteroatoms. The van der Waals surface area contributed by atoms with Crippen molar-refractivity contribution in [1.29, 1.82) is 0 Å². The molecule has 0 aliphatic heterocycles. The summed E-state index contributed by atoms with van der Waals surface area (Å²) in [6.07, 6.45) is 0.706. The normalized spacial score (nSPS) is 10.4. The molecule has 2 aromatic carbocycles. The molecule has 0 aliphatic carbocycles. The highest BCUT2D eigenvalue weighted by Gasteiger charge is 2.16. The molecule has 0 aliphatic rings. The van der Waals surface area contributed by atoms with Crippen LogP contribution in [0.4, 0.5) is 0 Å². The summed E-state index contributed by atoms with van der Waals surface area (Å²) < 4.78 is 0. The van der Waals surface area contributed by atoms with Gasteiger partial charge in [-0.15, -0.1) is 0 Å². The van der Waals surface area contributed by atoms with Gasteiger partial charge in [-0.1, -0.05) is 25.1 Å². The zero-order valence-electron chi connectivity index (χ0n) is 9.51. The van der Waals surface area contributed by atoms with Gasteiger partial charge in [0.25, 0.3) is 0 Å². The third-order valence-electron chi connectivity index (χ3n) is 2.78. The number of aryl methyl sites for hydroxylation is 1. The number of hydrogen-bond donors (Lipinski definition) is 3. The SMILES string of the molecule is CCc1cccc(O)c1-c1c(O)cccc1O. The van der Waals surface area contributed by atoms with Crippen molar-refractivity contribution in [3.8, 4) is 28.4 Å². The lowest BCUT2D eigenvalue weighted by Gasteiger charge is -2.13. The van der Waals surface area contributed by atoms with Crippen molar-refractivity contribution >= 4 is 0 Å². The molecule has 0 bridgehead atoms. The molecular weight excluding hydrogens is 216 g/mol. The third-order valence-corrected chi connectivity index (χ3v) is 2.78. The molecule has 0 amide bonds. The maximum absolute atomic E-state index is 9.90. The standard InChI is InChI=1S/C14H14O3/c1-2-9-5-3-6-10(15)13(9)14-11(16)7-4-8-12(14)17/h3-8,15-17H,2H2,1H3. The van der Waals surface area contributed by atoms with Gasteiger partial charge < -0.3 is 15.3 Å². The molecule has 2 aromatic rings. The number of rotatable bonds is 2. The Morgan fingerprint density at radius 2 is 1.24 bits per heavy atom. The predicted octanol–water partition coefficient (Wildman–Crippen LogP) is 3.03. The second-order valence-corrected chi connectivity index (χ2v) is 3.84. The maximum Gasteiger partial charge on any atom is 0.127 e. The van der Waals surface area contributed by atoms with E-state index in [0.717, 1.165) is 5.56 Å². The fourth-order valence-corrected chi connectivity index (χ4v) is 1.95. The van der Waals surface area contributed by atoms with Crippen LogP contribution in [-0.2, 0) is 6.42 Å². The van der Waals surface area contributed by atoms with Crippen molar-refractivity contribution in [2.24, 2.45) is 0 Å². The Kier molecular flexibility index (Phi) is 2.91. The summed E-state index contributed by atoms with van der Waals surface area (Å²) in [6.45, 7) is 1.95. The zero-order chi connectivity index (χ0) is 12.4. The van der Waals surface area contributed by atoms with E-state index in [4.69, 9.17) is 0 Å². The number of hydrogen-bond acceptors (Lipinski definition) is 3. The number of benzene rings is 2. The molecular formula is C14H14O3. The van der Waals surface area contributed by atoms with Crippen LogP contribution in [0.3, 0.4) is 0 Å². The van der Waals surface area contributed by atoms with Crippen LogP contribution in [0.25, 0.3) is 11.1 Å². The summed E-state index contributed by atoms with van der Waals surface area (Å²) in [7, 11) is 0. The van der Waals surface area contributed by atoms with Crippen LogP contribution in [0, 0.1) is 0 Å². The second-order valence-electron chi connectivity index (χ2n) is 3.84. The van der Waals surface area contributed by atoms with Gasteiger partial charge in [0.05, 0.1) is 5.56 Å². The van der Waals surface area contributed by atoms with Crippen LogP contribution >= 0.6 is 0 Å². The van der Waals surface area contributed by atoms with E-state index in [1.807, 2.05) is 13.0 Å². The van der Waals surface area contributed by atoms with E-state index in [1.165, 1.54) is 12.1 Å². The van der Waals surface area contributed by atoms with Crippen LogP contribution in [0.5, 0.6) is 17.2 Å². The summed E-state index contributed by atoms with van der Waals surface area (Å²) in [5, 5.41) is 29.5. The number of phenolic OH excluding ortho intramolecular Hbond substituents is 3. The smallest absolute Gasteiger partial charge is 0.127 e. The molecule has 0 saturated heterocycles. The van der Waals surface area contributed by atoms with Gasteiger partial charge in [0.1, 0.15) is 17.2 Å². The lowest BCUT2D eigenvalue weighted by Crippen LogP contribution is -1.89. The summed E-state index contributed by atoms with van der Waals surface area (Å²) in [4.78, 5) is 0. The molecule has 0 atom stereocenters. The minimum Gasteiger partial charge on any atom is -0.507 e. The second kappa shape index (κ2) is 4.37. The largest absolute Gasteiger partial charge is 0.507 e. The van der Waals surface area contributed by atoms with Crippen molar-refractivity contribution in [3.63, 3.8) is 0 Å². The number of aromatic hydroxyl groups is 3. The van der Waals surface area contributed by atoms with E-state index in [2.05, 4.69) is 0 Å². The third kappa shape index (κ3) is 1.91. The molecule has 0 aromatic heterocycles. The minimum atomic E-state index is -0.0406. The van der Waals surface area contributed by atoms with Crippen LogP contribution in [0.2, 0.25) is 0 Å². The first kappa shape index (κ1) is 11.3. The monoisotopic (exact) mass is 230 g/mol. The van der Waals surface area contributed by atoms with Crippen LogP contribution < -0.4 is 0 Å². The van der Waals surface area contributed by atoms with E-state index in [1.54, 1.807) is 18.2 Å². The molecule has 88 valence electrons. The summed E-state index contributed by atoms with van der Waals surface area (Å²) in [5.41, 5.74) is 1.65. The molecule has 0 saturated carbocycles.